The highest BCUT2D eigenvalue weighted by Gasteiger charge is 2.37. The van der Waals surface area contributed by atoms with Crippen molar-refractivity contribution >= 4 is 28.6 Å². The first-order chi connectivity index (χ1) is 8.66. The van der Waals surface area contributed by atoms with Crippen LogP contribution in [-0.4, -0.2) is 38.8 Å². The molecule has 0 aromatic carbocycles. The molecule has 0 heterocycles. The molecule has 2 atom stereocenters. The molecular weight excluding hydrogens is 280 g/mol. The Hall–Kier alpha value is -0.666. The van der Waals surface area contributed by atoms with E-state index in [1.807, 2.05) is 13.8 Å². The third-order valence-corrected chi connectivity index (χ3v) is 13.3. The lowest BCUT2D eigenvalue weighted by molar-refractivity contribution is -0.137. The van der Waals surface area contributed by atoms with Crippen molar-refractivity contribution in [1.29, 1.82) is 0 Å². The van der Waals surface area contributed by atoms with Gasteiger partial charge in [0.2, 0.25) is 0 Å². The van der Waals surface area contributed by atoms with E-state index in [1.54, 1.807) is 0 Å². The maximum Gasteiger partial charge on any atom is 0.303 e. The molecule has 2 unspecified atom stereocenters. The van der Waals surface area contributed by atoms with Gasteiger partial charge in [-0.15, -0.1) is 0 Å². The van der Waals surface area contributed by atoms with Crippen molar-refractivity contribution in [3.63, 3.8) is 0 Å². The van der Waals surface area contributed by atoms with Gasteiger partial charge in [0, 0.05) is 12.8 Å². The molecule has 0 spiro atoms. The van der Waals surface area contributed by atoms with E-state index in [4.69, 9.17) is 14.3 Å². The monoisotopic (exact) mass is 306 g/mol. The SMILES string of the molecule is CC[Si](C)(CCC(=O)O)O[Si](C)(CC)CCC(=O)O. The average Bonchev–Trinajstić information content (AvgIpc) is 2.34. The van der Waals surface area contributed by atoms with Crippen molar-refractivity contribution in [2.45, 2.75) is 64.0 Å². The number of carboxylic acids is 2. The highest BCUT2D eigenvalue weighted by molar-refractivity contribution is 6.86. The Kier molecular flexibility index (Phi) is 7.54. The maximum atomic E-state index is 10.7. The topological polar surface area (TPSA) is 83.8 Å². The standard InChI is InChI=1S/C12H26O5Si2/c1-5-18(3,9-7-11(13)14)17-19(4,6-2)10-8-12(15)16/h5-10H2,1-4H3,(H,13,14)(H,15,16). The summed E-state index contributed by atoms with van der Waals surface area (Å²) in [6, 6.07) is 2.95. The van der Waals surface area contributed by atoms with Gasteiger partial charge in [-0.2, -0.15) is 0 Å². The van der Waals surface area contributed by atoms with Crippen LogP contribution < -0.4 is 0 Å². The van der Waals surface area contributed by atoms with Gasteiger partial charge in [-0.25, -0.2) is 0 Å². The molecule has 5 nitrogen and oxygen atoms in total. The molecular formula is C12H26O5Si2. The summed E-state index contributed by atoms with van der Waals surface area (Å²) in [7, 11) is -4.05. The summed E-state index contributed by atoms with van der Waals surface area (Å²) < 4.78 is 6.38. The van der Waals surface area contributed by atoms with E-state index in [0.717, 1.165) is 12.1 Å². The van der Waals surface area contributed by atoms with Gasteiger partial charge in [0.05, 0.1) is 0 Å². The Balaban J connectivity index is 4.68. The predicted octanol–water partition coefficient (Wildman–Crippen LogP) is 3.14. The lowest BCUT2D eigenvalue weighted by atomic mass is 10.5. The third kappa shape index (κ3) is 7.49. The van der Waals surface area contributed by atoms with Crippen molar-refractivity contribution in [2.24, 2.45) is 0 Å². The van der Waals surface area contributed by atoms with Crippen LogP contribution in [0.5, 0.6) is 0 Å². The molecule has 0 aromatic rings. The zero-order chi connectivity index (χ0) is 15.1. The van der Waals surface area contributed by atoms with Crippen LogP contribution in [0.4, 0.5) is 0 Å². The van der Waals surface area contributed by atoms with E-state index in [1.165, 1.54) is 0 Å². The predicted molar refractivity (Wildman–Crippen MR) is 79.4 cm³/mol. The Morgan fingerprint density at radius 2 is 1.21 bits per heavy atom. The van der Waals surface area contributed by atoms with Gasteiger partial charge in [0.25, 0.3) is 0 Å². The highest BCUT2D eigenvalue weighted by atomic mass is 28.4. The van der Waals surface area contributed by atoms with Crippen molar-refractivity contribution in [1.82, 2.24) is 0 Å². The zero-order valence-electron chi connectivity index (χ0n) is 12.4. The number of hydrogen-bond donors (Lipinski definition) is 2. The van der Waals surface area contributed by atoms with Crippen LogP contribution in [0.15, 0.2) is 0 Å². The van der Waals surface area contributed by atoms with Gasteiger partial charge < -0.3 is 14.3 Å². The van der Waals surface area contributed by atoms with Crippen LogP contribution in [0, 0.1) is 0 Å². The Morgan fingerprint density at radius 3 is 1.42 bits per heavy atom. The minimum absolute atomic E-state index is 0.143. The first-order valence-corrected chi connectivity index (χ1v) is 12.4. The third-order valence-electron chi connectivity index (χ3n) is 3.72. The molecule has 0 aliphatic heterocycles. The molecule has 0 fully saturated rings. The molecule has 0 bridgehead atoms. The van der Waals surface area contributed by atoms with E-state index in [0.29, 0.717) is 12.1 Å². The Bertz CT molecular complexity index is 293. The normalized spacial score (nSPS) is 17.5. The summed E-state index contributed by atoms with van der Waals surface area (Å²) >= 11 is 0. The van der Waals surface area contributed by atoms with E-state index in [-0.39, 0.29) is 12.8 Å². The van der Waals surface area contributed by atoms with Crippen molar-refractivity contribution in [2.75, 3.05) is 0 Å². The molecule has 112 valence electrons. The summed E-state index contributed by atoms with van der Waals surface area (Å²) in [6.07, 6.45) is 0.285. The molecule has 0 aliphatic carbocycles. The number of carbonyl (C=O) groups is 2. The second kappa shape index (κ2) is 7.81. The molecule has 0 aromatic heterocycles. The smallest absolute Gasteiger partial charge is 0.303 e. The number of aliphatic carboxylic acids is 2. The van der Waals surface area contributed by atoms with Crippen LogP contribution in [0.2, 0.25) is 37.3 Å². The molecule has 0 amide bonds. The molecule has 19 heavy (non-hydrogen) atoms. The highest BCUT2D eigenvalue weighted by Crippen LogP contribution is 2.29. The second-order valence-electron chi connectivity index (χ2n) is 5.50. The second-order valence-corrected chi connectivity index (χ2v) is 14.5. The summed E-state index contributed by atoms with van der Waals surface area (Å²) in [5.41, 5.74) is 0. The number of rotatable bonds is 10. The van der Waals surface area contributed by atoms with Crippen LogP contribution in [0.25, 0.3) is 0 Å². The minimum atomic E-state index is -2.03. The summed E-state index contributed by atoms with van der Waals surface area (Å²) in [5.74, 6) is -1.58. The Labute approximate surface area is 117 Å². The first-order valence-electron chi connectivity index (χ1n) is 6.80. The van der Waals surface area contributed by atoms with Gasteiger partial charge in [0.1, 0.15) is 0 Å². The van der Waals surface area contributed by atoms with Crippen LogP contribution >= 0.6 is 0 Å². The molecule has 0 saturated carbocycles. The average molecular weight is 307 g/mol. The van der Waals surface area contributed by atoms with Crippen molar-refractivity contribution in [3.05, 3.63) is 0 Å². The fourth-order valence-corrected chi connectivity index (χ4v) is 10.9. The molecule has 0 saturated heterocycles. The van der Waals surface area contributed by atoms with Crippen molar-refractivity contribution < 1.29 is 23.9 Å². The zero-order valence-corrected chi connectivity index (χ0v) is 14.4. The van der Waals surface area contributed by atoms with Gasteiger partial charge >= 0.3 is 11.9 Å². The molecule has 0 aliphatic rings. The van der Waals surface area contributed by atoms with Crippen LogP contribution in [-0.2, 0) is 13.7 Å². The van der Waals surface area contributed by atoms with Gasteiger partial charge in [0.15, 0.2) is 16.6 Å². The van der Waals surface area contributed by atoms with Crippen molar-refractivity contribution in [3.8, 4) is 0 Å². The Morgan fingerprint density at radius 1 is 0.895 bits per heavy atom. The maximum absolute atomic E-state index is 10.7. The number of hydrogen-bond acceptors (Lipinski definition) is 3. The first kappa shape index (κ1) is 18.3. The summed E-state index contributed by atoms with van der Waals surface area (Å²) in [6.45, 7) is 8.21. The van der Waals surface area contributed by atoms with Crippen LogP contribution in [0.1, 0.15) is 26.7 Å². The quantitative estimate of drug-likeness (QED) is 0.606. The summed E-state index contributed by atoms with van der Waals surface area (Å²) in [4.78, 5) is 21.4. The molecule has 0 rings (SSSR count). The fraction of sp³-hybridized carbons (Fsp3) is 0.833. The minimum Gasteiger partial charge on any atom is -0.481 e. The molecule has 7 heteroatoms. The van der Waals surface area contributed by atoms with E-state index in [9.17, 15) is 9.59 Å². The van der Waals surface area contributed by atoms with Gasteiger partial charge in [-0.1, -0.05) is 13.8 Å². The number of carboxylic acid groups (broad SMARTS) is 2. The van der Waals surface area contributed by atoms with Gasteiger partial charge in [-0.3, -0.25) is 9.59 Å². The largest absolute Gasteiger partial charge is 0.481 e. The summed E-state index contributed by atoms with van der Waals surface area (Å²) in [5, 5.41) is 17.6. The van der Waals surface area contributed by atoms with E-state index >= 15 is 0 Å². The lowest BCUT2D eigenvalue weighted by Gasteiger charge is -2.37. The molecule has 2 N–H and O–H groups in total. The van der Waals surface area contributed by atoms with E-state index < -0.39 is 28.6 Å². The van der Waals surface area contributed by atoms with Crippen LogP contribution in [0.3, 0.4) is 0 Å². The van der Waals surface area contributed by atoms with E-state index in [2.05, 4.69) is 13.1 Å². The lowest BCUT2D eigenvalue weighted by Crippen LogP contribution is -2.47. The molecule has 0 radical (unpaired) electrons. The fourth-order valence-electron chi connectivity index (χ4n) is 1.94. The van der Waals surface area contributed by atoms with Gasteiger partial charge in [-0.05, 0) is 37.3 Å².